The Labute approximate surface area is 192 Å². The molecule has 0 aliphatic rings. The number of benzene rings is 1. The zero-order valence-electron chi connectivity index (χ0n) is 17.8. The lowest BCUT2D eigenvalue weighted by Crippen LogP contribution is -2.08. The van der Waals surface area contributed by atoms with E-state index in [1.54, 1.807) is 18.5 Å². The Hall–Kier alpha value is -4.11. The lowest BCUT2D eigenvalue weighted by Gasteiger charge is -2.12. The van der Waals surface area contributed by atoms with Crippen LogP contribution in [-0.2, 0) is 0 Å². The van der Waals surface area contributed by atoms with Gasteiger partial charge < -0.3 is 9.88 Å². The van der Waals surface area contributed by atoms with Crippen molar-refractivity contribution in [3.8, 4) is 33.2 Å². The average molecular weight is 456 g/mol. The first-order valence-corrected chi connectivity index (χ1v) is 11.1. The Bertz CT molecular complexity index is 1630. The summed E-state index contributed by atoms with van der Waals surface area (Å²) in [6, 6.07) is 13.1. The molecule has 33 heavy (non-hydrogen) atoms. The van der Waals surface area contributed by atoms with Gasteiger partial charge in [-0.25, -0.2) is 4.98 Å². The second-order valence-corrected chi connectivity index (χ2v) is 8.94. The SMILES string of the molecule is CN(C)c1cncc(-c2cc3c(-c4nc5c(-c6ccc(F)s6)cccc5[nH]4)n[nH]c3cn2)c1. The highest BCUT2D eigenvalue weighted by Gasteiger charge is 2.17. The summed E-state index contributed by atoms with van der Waals surface area (Å²) in [4.78, 5) is 20.0. The third kappa shape index (κ3) is 3.33. The predicted octanol–water partition coefficient (Wildman–Crippen LogP) is 5.50. The van der Waals surface area contributed by atoms with E-state index in [9.17, 15) is 4.39 Å². The fourth-order valence-corrected chi connectivity index (χ4v) is 4.63. The van der Waals surface area contributed by atoms with E-state index in [0.717, 1.165) is 60.7 Å². The van der Waals surface area contributed by atoms with Crippen LogP contribution in [0.15, 0.2) is 61.1 Å². The Morgan fingerprint density at radius 1 is 1.00 bits per heavy atom. The number of H-pyrrole nitrogens is 2. The summed E-state index contributed by atoms with van der Waals surface area (Å²) in [6.45, 7) is 0. The molecule has 0 unspecified atom stereocenters. The van der Waals surface area contributed by atoms with Gasteiger partial charge in [-0.05, 0) is 30.3 Å². The van der Waals surface area contributed by atoms with Crippen LogP contribution in [0, 0.1) is 5.13 Å². The number of nitrogens with one attached hydrogen (secondary N) is 2. The normalized spacial score (nSPS) is 11.5. The van der Waals surface area contributed by atoms with Crippen molar-refractivity contribution in [1.29, 1.82) is 0 Å². The number of fused-ring (bicyclic) bond motifs is 2. The monoisotopic (exact) mass is 455 g/mol. The molecule has 0 bridgehead atoms. The fraction of sp³-hybridized carbons (Fsp3) is 0.0833. The summed E-state index contributed by atoms with van der Waals surface area (Å²) in [5.74, 6) is 0.637. The molecule has 9 heteroatoms. The van der Waals surface area contributed by atoms with Crippen LogP contribution in [-0.4, -0.2) is 44.2 Å². The lowest BCUT2D eigenvalue weighted by atomic mass is 10.1. The number of aromatic nitrogens is 6. The number of para-hydroxylation sites is 1. The Morgan fingerprint density at radius 2 is 1.91 bits per heavy atom. The van der Waals surface area contributed by atoms with Crippen molar-refractivity contribution in [2.75, 3.05) is 19.0 Å². The van der Waals surface area contributed by atoms with Gasteiger partial charge in [-0.2, -0.15) is 9.49 Å². The van der Waals surface area contributed by atoms with Gasteiger partial charge in [-0.3, -0.25) is 15.1 Å². The smallest absolute Gasteiger partial charge is 0.176 e. The summed E-state index contributed by atoms with van der Waals surface area (Å²) in [7, 11) is 3.96. The van der Waals surface area contributed by atoms with Crippen LogP contribution in [0.25, 0.3) is 55.2 Å². The van der Waals surface area contributed by atoms with Gasteiger partial charge in [0.2, 0.25) is 0 Å². The summed E-state index contributed by atoms with van der Waals surface area (Å²) in [6.07, 6.45) is 5.39. The first kappa shape index (κ1) is 19.6. The number of pyridine rings is 2. The molecule has 162 valence electrons. The lowest BCUT2D eigenvalue weighted by molar-refractivity contribution is 0.657. The molecule has 0 aliphatic heterocycles. The highest BCUT2D eigenvalue weighted by Crippen LogP contribution is 2.35. The molecule has 0 amide bonds. The molecule has 0 fully saturated rings. The Morgan fingerprint density at radius 3 is 2.73 bits per heavy atom. The Balaban J connectivity index is 1.48. The molecule has 1 aromatic carbocycles. The fourth-order valence-electron chi connectivity index (χ4n) is 3.87. The van der Waals surface area contributed by atoms with Crippen molar-refractivity contribution >= 4 is 39.0 Å². The average Bonchev–Trinajstić information content (AvgIpc) is 3.55. The molecule has 0 aliphatic carbocycles. The number of hydrogen-bond acceptors (Lipinski definition) is 6. The van der Waals surface area contributed by atoms with Crippen molar-refractivity contribution < 1.29 is 4.39 Å². The van der Waals surface area contributed by atoms with E-state index < -0.39 is 0 Å². The first-order chi connectivity index (χ1) is 16.1. The zero-order chi connectivity index (χ0) is 22.5. The first-order valence-electron chi connectivity index (χ1n) is 10.3. The van der Waals surface area contributed by atoms with Gasteiger partial charge in [0.25, 0.3) is 0 Å². The van der Waals surface area contributed by atoms with E-state index in [2.05, 4.69) is 31.2 Å². The molecule has 0 spiro atoms. The minimum atomic E-state index is -0.219. The van der Waals surface area contributed by atoms with E-state index >= 15 is 0 Å². The molecule has 7 nitrogen and oxygen atoms in total. The van der Waals surface area contributed by atoms with Crippen LogP contribution in [0.4, 0.5) is 10.1 Å². The summed E-state index contributed by atoms with van der Waals surface area (Å²) >= 11 is 1.11. The van der Waals surface area contributed by atoms with Crippen LogP contribution < -0.4 is 4.90 Å². The maximum Gasteiger partial charge on any atom is 0.176 e. The van der Waals surface area contributed by atoms with Gasteiger partial charge in [0.15, 0.2) is 11.0 Å². The summed E-state index contributed by atoms with van der Waals surface area (Å²) < 4.78 is 13.6. The minimum Gasteiger partial charge on any atom is -0.376 e. The number of halogens is 1. The van der Waals surface area contributed by atoms with Crippen molar-refractivity contribution in [3.63, 3.8) is 0 Å². The molecule has 0 radical (unpaired) electrons. The van der Waals surface area contributed by atoms with Gasteiger partial charge in [-0.1, -0.05) is 12.1 Å². The molecule has 0 atom stereocenters. The maximum atomic E-state index is 13.6. The molecule has 6 aromatic rings. The summed E-state index contributed by atoms with van der Waals surface area (Å²) in [5, 5.41) is 8.24. The maximum absolute atomic E-state index is 13.6. The van der Waals surface area contributed by atoms with Crippen LogP contribution in [0.1, 0.15) is 0 Å². The van der Waals surface area contributed by atoms with Gasteiger partial charge >= 0.3 is 0 Å². The second kappa shape index (κ2) is 7.49. The number of thiophene rings is 1. The molecule has 0 saturated carbocycles. The van der Waals surface area contributed by atoms with Crippen molar-refractivity contribution in [3.05, 3.63) is 66.2 Å². The van der Waals surface area contributed by atoms with Crippen molar-refractivity contribution in [1.82, 2.24) is 30.1 Å². The molecule has 0 saturated heterocycles. The van der Waals surface area contributed by atoms with Crippen LogP contribution in [0.5, 0.6) is 0 Å². The molecule has 5 heterocycles. The largest absolute Gasteiger partial charge is 0.376 e. The number of rotatable bonds is 4. The predicted molar refractivity (Wildman–Crippen MR) is 130 cm³/mol. The zero-order valence-corrected chi connectivity index (χ0v) is 18.6. The van der Waals surface area contributed by atoms with Crippen molar-refractivity contribution in [2.24, 2.45) is 0 Å². The van der Waals surface area contributed by atoms with Crippen LogP contribution in [0.3, 0.4) is 0 Å². The van der Waals surface area contributed by atoms with Crippen LogP contribution in [0.2, 0.25) is 0 Å². The van der Waals surface area contributed by atoms with E-state index in [-0.39, 0.29) is 5.13 Å². The quantitative estimate of drug-likeness (QED) is 0.367. The summed E-state index contributed by atoms with van der Waals surface area (Å²) in [5.41, 5.74) is 6.76. The van der Waals surface area contributed by atoms with Crippen LogP contribution >= 0.6 is 11.3 Å². The molecule has 2 N–H and O–H groups in total. The molecule has 5 aromatic heterocycles. The number of imidazole rings is 1. The van der Waals surface area contributed by atoms with Gasteiger partial charge in [0, 0.05) is 41.7 Å². The van der Waals surface area contributed by atoms with Gasteiger partial charge in [0.1, 0.15) is 5.69 Å². The third-order valence-electron chi connectivity index (χ3n) is 5.56. The van der Waals surface area contributed by atoms with Crippen molar-refractivity contribution in [2.45, 2.75) is 0 Å². The van der Waals surface area contributed by atoms with E-state index in [0.29, 0.717) is 11.5 Å². The second-order valence-electron chi connectivity index (χ2n) is 7.90. The topological polar surface area (TPSA) is 86.4 Å². The highest BCUT2D eigenvalue weighted by molar-refractivity contribution is 7.14. The van der Waals surface area contributed by atoms with E-state index in [1.807, 2.05) is 49.5 Å². The number of anilines is 1. The standard InChI is InChI=1S/C24H18FN7S/c1-32(2)14-8-13(10-26-11-14)18-9-16-19(12-27-18)30-31-23(16)24-28-17-5-3-4-15(22(17)29-24)20-6-7-21(25)33-20/h3-12H,1-2H3,(H,28,29)(H,30,31). The molecular formula is C24H18FN7S. The minimum absolute atomic E-state index is 0.219. The number of hydrogen-bond donors (Lipinski definition) is 2. The highest BCUT2D eigenvalue weighted by atomic mass is 32.1. The van der Waals surface area contributed by atoms with Gasteiger partial charge in [0.05, 0.1) is 40.3 Å². The molecular weight excluding hydrogens is 437 g/mol. The number of nitrogens with zero attached hydrogens (tertiary/aromatic N) is 5. The van der Waals surface area contributed by atoms with Gasteiger partial charge in [-0.15, -0.1) is 11.3 Å². The van der Waals surface area contributed by atoms with E-state index in [4.69, 9.17) is 4.98 Å². The molecule has 6 rings (SSSR count). The van der Waals surface area contributed by atoms with E-state index in [1.165, 1.54) is 6.07 Å². The third-order valence-corrected chi connectivity index (χ3v) is 6.47. The Kier molecular flexibility index (Phi) is 4.44. The number of aromatic amines is 2.